The van der Waals surface area contributed by atoms with Crippen molar-refractivity contribution >= 4 is 44.3 Å². The smallest absolute Gasteiger partial charge is 0.321 e. The van der Waals surface area contributed by atoms with Gasteiger partial charge in [0.25, 0.3) is 0 Å². The van der Waals surface area contributed by atoms with Gasteiger partial charge in [0.2, 0.25) is 5.91 Å². The minimum absolute atomic E-state index is 0.172. The van der Waals surface area contributed by atoms with Crippen molar-refractivity contribution in [3.8, 4) is 0 Å². The summed E-state index contributed by atoms with van der Waals surface area (Å²) in [6.45, 7) is 1.19. The lowest BCUT2D eigenvalue weighted by molar-refractivity contribution is -0.117. The Bertz CT molecular complexity index is 919. The van der Waals surface area contributed by atoms with Gasteiger partial charge in [0.1, 0.15) is 0 Å². The second-order valence-electron chi connectivity index (χ2n) is 6.11. The monoisotopic (exact) mass is 366 g/mol. The molecule has 1 aromatic heterocycles. The normalized spacial score (nSPS) is 14.0. The molecule has 0 unspecified atom stereocenters. The molecule has 1 fully saturated rings. The molecule has 1 aliphatic rings. The van der Waals surface area contributed by atoms with Crippen LogP contribution in [0.5, 0.6) is 0 Å². The van der Waals surface area contributed by atoms with Crippen molar-refractivity contribution < 1.29 is 9.59 Å². The zero-order valence-electron chi connectivity index (χ0n) is 14.1. The SMILES string of the molecule is O=C(NCc1ccc(N2CCCC2=O)cc1)Nc1nc2ccccc2s1. The number of nitrogens with one attached hydrogen (secondary N) is 2. The van der Waals surface area contributed by atoms with E-state index in [0.29, 0.717) is 18.1 Å². The number of aromatic nitrogens is 1. The first-order chi connectivity index (χ1) is 12.7. The predicted molar refractivity (Wildman–Crippen MR) is 104 cm³/mol. The van der Waals surface area contributed by atoms with Crippen LogP contribution in [0.1, 0.15) is 18.4 Å². The highest BCUT2D eigenvalue weighted by Crippen LogP contribution is 2.25. The van der Waals surface area contributed by atoms with Crippen molar-refractivity contribution in [2.75, 3.05) is 16.8 Å². The molecule has 26 heavy (non-hydrogen) atoms. The quantitative estimate of drug-likeness (QED) is 0.739. The van der Waals surface area contributed by atoms with E-state index in [1.54, 1.807) is 4.90 Å². The first-order valence-electron chi connectivity index (χ1n) is 8.49. The van der Waals surface area contributed by atoms with Crippen molar-refractivity contribution in [3.05, 3.63) is 54.1 Å². The summed E-state index contributed by atoms with van der Waals surface area (Å²) in [6.07, 6.45) is 1.53. The van der Waals surface area contributed by atoms with Crippen LogP contribution >= 0.6 is 11.3 Å². The number of anilines is 2. The summed E-state index contributed by atoms with van der Waals surface area (Å²) in [5, 5.41) is 6.17. The predicted octanol–water partition coefficient (Wildman–Crippen LogP) is 3.74. The van der Waals surface area contributed by atoms with E-state index >= 15 is 0 Å². The van der Waals surface area contributed by atoms with E-state index < -0.39 is 0 Å². The summed E-state index contributed by atoms with van der Waals surface area (Å²) in [7, 11) is 0. The molecule has 2 aromatic carbocycles. The summed E-state index contributed by atoms with van der Waals surface area (Å²) in [4.78, 5) is 30.0. The molecule has 3 aromatic rings. The van der Waals surface area contributed by atoms with Crippen molar-refractivity contribution in [3.63, 3.8) is 0 Å². The lowest BCUT2D eigenvalue weighted by atomic mass is 10.2. The van der Waals surface area contributed by atoms with Crippen molar-refractivity contribution in [2.45, 2.75) is 19.4 Å². The van der Waals surface area contributed by atoms with Crippen molar-refractivity contribution in [1.82, 2.24) is 10.3 Å². The minimum Gasteiger partial charge on any atom is -0.334 e. The third-order valence-electron chi connectivity index (χ3n) is 4.29. The molecule has 6 nitrogen and oxygen atoms in total. The van der Waals surface area contributed by atoms with Crippen LogP contribution in [0.3, 0.4) is 0 Å². The van der Waals surface area contributed by atoms with Crippen LogP contribution in [0.2, 0.25) is 0 Å². The minimum atomic E-state index is -0.289. The first kappa shape index (κ1) is 16.5. The molecule has 0 atom stereocenters. The van der Waals surface area contributed by atoms with E-state index in [2.05, 4.69) is 15.6 Å². The molecule has 2 N–H and O–H groups in total. The first-order valence-corrected chi connectivity index (χ1v) is 9.30. The highest BCUT2D eigenvalue weighted by molar-refractivity contribution is 7.22. The largest absolute Gasteiger partial charge is 0.334 e. The van der Waals surface area contributed by atoms with E-state index in [1.165, 1.54) is 11.3 Å². The number of hydrogen-bond acceptors (Lipinski definition) is 4. The molecule has 7 heteroatoms. The number of benzene rings is 2. The molecule has 1 saturated heterocycles. The van der Waals surface area contributed by atoms with Gasteiger partial charge in [0.05, 0.1) is 10.2 Å². The third kappa shape index (κ3) is 3.52. The van der Waals surface area contributed by atoms with Gasteiger partial charge in [-0.3, -0.25) is 10.1 Å². The Balaban J connectivity index is 1.33. The number of para-hydroxylation sites is 1. The fourth-order valence-corrected chi connectivity index (χ4v) is 3.83. The van der Waals surface area contributed by atoms with Crippen LogP contribution in [0.15, 0.2) is 48.5 Å². The van der Waals surface area contributed by atoms with Crippen molar-refractivity contribution in [2.24, 2.45) is 0 Å². The molecule has 3 amide bonds. The molecule has 1 aliphatic heterocycles. The van der Waals surface area contributed by atoms with Crippen LogP contribution in [-0.2, 0) is 11.3 Å². The second-order valence-corrected chi connectivity index (χ2v) is 7.14. The van der Waals surface area contributed by atoms with Gasteiger partial charge in [-0.1, -0.05) is 35.6 Å². The van der Waals surface area contributed by atoms with Gasteiger partial charge in [0, 0.05) is 25.2 Å². The van der Waals surface area contributed by atoms with E-state index in [1.807, 2.05) is 48.5 Å². The van der Waals surface area contributed by atoms with Crippen molar-refractivity contribution in [1.29, 1.82) is 0 Å². The molecule has 0 saturated carbocycles. The lowest BCUT2D eigenvalue weighted by Gasteiger charge is -2.16. The summed E-state index contributed by atoms with van der Waals surface area (Å²) >= 11 is 1.44. The molecular weight excluding hydrogens is 348 g/mol. The Hall–Kier alpha value is -2.93. The third-order valence-corrected chi connectivity index (χ3v) is 5.24. The number of fused-ring (bicyclic) bond motifs is 1. The second kappa shape index (κ2) is 7.13. The highest BCUT2D eigenvalue weighted by Gasteiger charge is 2.21. The zero-order valence-corrected chi connectivity index (χ0v) is 14.9. The number of hydrogen-bond donors (Lipinski definition) is 2. The van der Waals surface area contributed by atoms with Gasteiger partial charge < -0.3 is 10.2 Å². The van der Waals surface area contributed by atoms with Gasteiger partial charge in [-0.2, -0.15) is 0 Å². The van der Waals surface area contributed by atoms with Gasteiger partial charge >= 0.3 is 6.03 Å². The number of rotatable bonds is 4. The van der Waals surface area contributed by atoms with Gasteiger partial charge in [-0.05, 0) is 36.2 Å². The number of urea groups is 1. The van der Waals surface area contributed by atoms with Crippen LogP contribution < -0.4 is 15.5 Å². The number of amides is 3. The Morgan fingerprint density at radius 1 is 1.15 bits per heavy atom. The number of thiazole rings is 1. The fraction of sp³-hybridized carbons (Fsp3) is 0.211. The standard InChI is InChI=1S/C19H18N4O2S/c24-17-6-3-11-23(17)14-9-7-13(8-10-14)12-20-18(25)22-19-21-15-4-1-2-5-16(15)26-19/h1-2,4-5,7-10H,3,6,11-12H2,(H2,20,21,22,25). The van der Waals surface area contributed by atoms with Gasteiger partial charge in [0.15, 0.2) is 5.13 Å². The number of carbonyl (C=O) groups excluding carboxylic acids is 2. The van der Waals surface area contributed by atoms with E-state index in [9.17, 15) is 9.59 Å². The number of nitrogens with zero attached hydrogens (tertiary/aromatic N) is 2. The number of carbonyl (C=O) groups is 2. The summed E-state index contributed by atoms with van der Waals surface area (Å²) in [5.41, 5.74) is 2.76. The van der Waals surface area contributed by atoms with Crippen LogP contribution in [0, 0.1) is 0 Å². The average Bonchev–Trinajstić information content (AvgIpc) is 3.25. The molecule has 132 valence electrons. The Labute approximate surface area is 154 Å². The maximum Gasteiger partial charge on any atom is 0.321 e. The Morgan fingerprint density at radius 2 is 1.96 bits per heavy atom. The highest BCUT2D eigenvalue weighted by atomic mass is 32.1. The molecule has 0 bridgehead atoms. The maximum absolute atomic E-state index is 12.1. The molecule has 0 aliphatic carbocycles. The summed E-state index contributed by atoms with van der Waals surface area (Å²) in [5.74, 6) is 0.172. The molecule has 0 spiro atoms. The summed E-state index contributed by atoms with van der Waals surface area (Å²) < 4.78 is 1.04. The summed E-state index contributed by atoms with van der Waals surface area (Å²) in [6, 6.07) is 15.2. The molecule has 2 heterocycles. The average molecular weight is 366 g/mol. The molecular formula is C19H18N4O2S. The molecule has 0 radical (unpaired) electrons. The lowest BCUT2D eigenvalue weighted by Crippen LogP contribution is -2.28. The van der Waals surface area contributed by atoms with Crippen LogP contribution in [0.25, 0.3) is 10.2 Å². The van der Waals surface area contributed by atoms with E-state index in [4.69, 9.17) is 0 Å². The van der Waals surface area contributed by atoms with Crippen LogP contribution in [-0.4, -0.2) is 23.5 Å². The molecule has 4 rings (SSSR count). The maximum atomic E-state index is 12.1. The Kier molecular flexibility index (Phi) is 4.53. The van der Waals surface area contributed by atoms with Gasteiger partial charge in [-0.25, -0.2) is 9.78 Å². The van der Waals surface area contributed by atoms with Gasteiger partial charge in [-0.15, -0.1) is 0 Å². The Morgan fingerprint density at radius 3 is 2.69 bits per heavy atom. The topological polar surface area (TPSA) is 74.3 Å². The zero-order chi connectivity index (χ0) is 17.9. The van der Waals surface area contributed by atoms with Crippen LogP contribution in [0.4, 0.5) is 15.6 Å². The van der Waals surface area contributed by atoms with E-state index in [0.717, 1.165) is 34.4 Å². The van der Waals surface area contributed by atoms with E-state index in [-0.39, 0.29) is 11.9 Å². The fourth-order valence-electron chi connectivity index (χ4n) is 2.96.